The fraction of sp³-hybridized carbons (Fsp3) is 0.571. The monoisotopic (exact) mass is 260 g/mol. The summed E-state index contributed by atoms with van der Waals surface area (Å²) < 4.78 is 0. The van der Waals surface area contributed by atoms with Crippen LogP contribution in [0.5, 0.6) is 0 Å². The van der Waals surface area contributed by atoms with E-state index < -0.39 is 0 Å². The highest BCUT2D eigenvalue weighted by Gasteiger charge is 2.34. The van der Waals surface area contributed by atoms with Crippen LogP contribution in [0.3, 0.4) is 0 Å². The molecule has 0 unspecified atom stereocenters. The van der Waals surface area contributed by atoms with Crippen LogP contribution in [0.4, 0.5) is 0 Å². The van der Waals surface area contributed by atoms with E-state index in [4.69, 9.17) is 0 Å². The molecule has 1 amide bonds. The molecule has 0 atom stereocenters. The number of hydrogen-bond donors (Lipinski definition) is 1. The molecule has 0 aromatic carbocycles. The Hall–Kier alpha value is -1.46. The Balaban J connectivity index is 1.46. The number of nitrogens with zero attached hydrogens (tertiary/aromatic N) is 3. The van der Waals surface area contributed by atoms with Crippen molar-refractivity contribution in [3.63, 3.8) is 0 Å². The van der Waals surface area contributed by atoms with Gasteiger partial charge in [-0.3, -0.25) is 14.7 Å². The fourth-order valence-electron chi connectivity index (χ4n) is 2.73. The summed E-state index contributed by atoms with van der Waals surface area (Å²) in [6.45, 7) is 6.13. The summed E-state index contributed by atoms with van der Waals surface area (Å²) in [5, 5.41) is 3.36. The van der Waals surface area contributed by atoms with Crippen LogP contribution in [0.1, 0.15) is 5.56 Å². The molecule has 1 aromatic rings. The first-order valence-electron chi connectivity index (χ1n) is 6.94. The Morgan fingerprint density at radius 1 is 1.37 bits per heavy atom. The first-order valence-corrected chi connectivity index (χ1v) is 6.94. The van der Waals surface area contributed by atoms with Crippen molar-refractivity contribution in [2.45, 2.75) is 12.5 Å². The van der Waals surface area contributed by atoms with E-state index in [2.05, 4.69) is 15.2 Å². The van der Waals surface area contributed by atoms with Crippen LogP contribution in [0, 0.1) is 0 Å². The van der Waals surface area contributed by atoms with Gasteiger partial charge >= 0.3 is 0 Å². The molecular formula is C14H20N4O. The topological polar surface area (TPSA) is 48.5 Å². The average Bonchev–Trinajstić information content (AvgIpc) is 2.39. The third-order valence-corrected chi connectivity index (χ3v) is 3.96. The highest BCUT2D eigenvalue weighted by atomic mass is 16.2. The molecule has 3 rings (SSSR count). The molecule has 0 aliphatic carbocycles. The number of carbonyl (C=O) groups excluding carboxylic acids is 1. The fourth-order valence-corrected chi connectivity index (χ4v) is 2.73. The van der Waals surface area contributed by atoms with Crippen LogP contribution in [-0.2, 0) is 11.2 Å². The number of carbonyl (C=O) groups is 1. The summed E-state index contributed by atoms with van der Waals surface area (Å²) in [4.78, 5) is 20.6. The van der Waals surface area contributed by atoms with E-state index in [9.17, 15) is 4.79 Å². The minimum Gasteiger partial charge on any atom is -0.339 e. The number of rotatable bonds is 3. The van der Waals surface area contributed by atoms with E-state index in [1.807, 2.05) is 17.0 Å². The van der Waals surface area contributed by atoms with Crippen LogP contribution >= 0.6 is 0 Å². The number of hydrogen-bond acceptors (Lipinski definition) is 4. The molecule has 2 saturated heterocycles. The lowest BCUT2D eigenvalue weighted by molar-refractivity contribution is -0.138. The van der Waals surface area contributed by atoms with Gasteiger partial charge in [0.25, 0.3) is 0 Å². The lowest BCUT2D eigenvalue weighted by Gasteiger charge is -2.46. The predicted octanol–water partition coefficient (Wildman–Crippen LogP) is -0.260. The molecule has 1 aromatic heterocycles. The van der Waals surface area contributed by atoms with Gasteiger partial charge in [-0.15, -0.1) is 0 Å². The third kappa shape index (κ3) is 2.93. The summed E-state index contributed by atoms with van der Waals surface area (Å²) in [6, 6.07) is 4.40. The highest BCUT2D eigenvalue weighted by Crippen LogP contribution is 2.16. The van der Waals surface area contributed by atoms with Gasteiger partial charge in [-0.1, -0.05) is 6.07 Å². The molecule has 19 heavy (non-hydrogen) atoms. The highest BCUT2D eigenvalue weighted by molar-refractivity contribution is 5.79. The van der Waals surface area contributed by atoms with Gasteiger partial charge in [0.1, 0.15) is 0 Å². The third-order valence-electron chi connectivity index (χ3n) is 3.96. The SMILES string of the molecule is O=C(Cc1cccnc1)N1CC(N2CCNCC2)C1. The number of aromatic nitrogens is 1. The Morgan fingerprint density at radius 3 is 2.84 bits per heavy atom. The summed E-state index contributed by atoms with van der Waals surface area (Å²) in [6.07, 6.45) is 3.98. The van der Waals surface area contributed by atoms with Crippen LogP contribution in [-0.4, -0.2) is 66.0 Å². The Labute approximate surface area is 113 Å². The van der Waals surface area contributed by atoms with Gasteiger partial charge in [-0.25, -0.2) is 0 Å². The smallest absolute Gasteiger partial charge is 0.227 e. The molecule has 2 aliphatic heterocycles. The molecule has 5 nitrogen and oxygen atoms in total. The van der Waals surface area contributed by atoms with Crippen LogP contribution in [0.15, 0.2) is 24.5 Å². The number of nitrogens with one attached hydrogen (secondary N) is 1. The van der Waals surface area contributed by atoms with Gasteiger partial charge in [0.15, 0.2) is 0 Å². The molecule has 0 bridgehead atoms. The van der Waals surface area contributed by atoms with Gasteiger partial charge in [0.2, 0.25) is 5.91 Å². The second kappa shape index (κ2) is 5.67. The zero-order valence-corrected chi connectivity index (χ0v) is 11.1. The molecule has 5 heteroatoms. The van der Waals surface area contributed by atoms with Gasteiger partial charge in [-0.05, 0) is 11.6 Å². The molecule has 0 radical (unpaired) electrons. The standard InChI is InChI=1S/C14H20N4O/c19-14(8-12-2-1-3-16-9-12)18-10-13(11-18)17-6-4-15-5-7-17/h1-3,9,13,15H,4-8,10-11H2. The van der Waals surface area contributed by atoms with E-state index in [1.54, 1.807) is 12.4 Å². The maximum atomic E-state index is 12.1. The molecular weight excluding hydrogens is 240 g/mol. The van der Waals surface area contributed by atoms with Crippen molar-refractivity contribution in [3.8, 4) is 0 Å². The van der Waals surface area contributed by atoms with Crippen molar-refractivity contribution < 1.29 is 4.79 Å². The van der Waals surface area contributed by atoms with Crippen LogP contribution < -0.4 is 5.32 Å². The van der Waals surface area contributed by atoms with Crippen molar-refractivity contribution in [2.75, 3.05) is 39.3 Å². The van der Waals surface area contributed by atoms with E-state index in [0.717, 1.165) is 44.8 Å². The van der Waals surface area contributed by atoms with Gasteiger partial charge in [-0.2, -0.15) is 0 Å². The average molecular weight is 260 g/mol. The summed E-state index contributed by atoms with van der Waals surface area (Å²) in [5.74, 6) is 0.222. The molecule has 2 fully saturated rings. The quantitative estimate of drug-likeness (QED) is 0.813. The van der Waals surface area contributed by atoms with E-state index in [1.165, 1.54) is 0 Å². The zero-order chi connectivity index (χ0) is 13.1. The normalized spacial score (nSPS) is 21.2. The molecule has 1 N–H and O–H groups in total. The van der Waals surface area contributed by atoms with Crippen molar-refractivity contribution >= 4 is 5.91 Å². The largest absolute Gasteiger partial charge is 0.339 e. The van der Waals surface area contributed by atoms with Gasteiger partial charge in [0.05, 0.1) is 6.42 Å². The number of piperazine rings is 1. The van der Waals surface area contributed by atoms with Gasteiger partial charge in [0, 0.05) is 57.7 Å². The summed E-state index contributed by atoms with van der Waals surface area (Å²) in [5.41, 5.74) is 0.998. The second-order valence-corrected chi connectivity index (χ2v) is 5.28. The summed E-state index contributed by atoms with van der Waals surface area (Å²) >= 11 is 0. The lowest BCUT2D eigenvalue weighted by Crippen LogP contribution is -2.64. The molecule has 2 aliphatic rings. The van der Waals surface area contributed by atoms with Crippen LogP contribution in [0.2, 0.25) is 0 Å². The summed E-state index contributed by atoms with van der Waals surface area (Å²) in [7, 11) is 0. The first-order chi connectivity index (χ1) is 9.33. The lowest BCUT2D eigenvalue weighted by atomic mass is 10.0. The van der Waals surface area contributed by atoms with Crippen molar-refractivity contribution in [3.05, 3.63) is 30.1 Å². The number of pyridine rings is 1. The molecule has 102 valence electrons. The van der Waals surface area contributed by atoms with Gasteiger partial charge < -0.3 is 10.2 Å². The Bertz CT molecular complexity index is 424. The maximum Gasteiger partial charge on any atom is 0.227 e. The van der Waals surface area contributed by atoms with Crippen molar-refractivity contribution in [1.82, 2.24) is 20.1 Å². The predicted molar refractivity (Wildman–Crippen MR) is 72.8 cm³/mol. The maximum absolute atomic E-state index is 12.1. The first kappa shape index (κ1) is 12.6. The molecule has 0 saturated carbocycles. The Kier molecular flexibility index (Phi) is 3.75. The van der Waals surface area contributed by atoms with E-state index in [0.29, 0.717) is 12.5 Å². The van der Waals surface area contributed by atoms with E-state index in [-0.39, 0.29) is 5.91 Å². The second-order valence-electron chi connectivity index (χ2n) is 5.28. The molecule has 0 spiro atoms. The Morgan fingerprint density at radius 2 is 2.16 bits per heavy atom. The van der Waals surface area contributed by atoms with Crippen LogP contribution in [0.25, 0.3) is 0 Å². The van der Waals surface area contributed by atoms with Crippen molar-refractivity contribution in [2.24, 2.45) is 0 Å². The zero-order valence-electron chi connectivity index (χ0n) is 11.1. The minimum absolute atomic E-state index is 0.222. The minimum atomic E-state index is 0.222. The number of amides is 1. The molecule has 3 heterocycles. The van der Waals surface area contributed by atoms with E-state index >= 15 is 0 Å². The van der Waals surface area contributed by atoms with Crippen molar-refractivity contribution in [1.29, 1.82) is 0 Å². The number of likely N-dealkylation sites (tertiary alicyclic amines) is 1.